The van der Waals surface area contributed by atoms with Crippen LogP contribution in [0.25, 0.3) is 0 Å². The molecule has 1 nitrogen and oxygen atoms in total. The van der Waals surface area contributed by atoms with E-state index < -0.39 is 0 Å². The summed E-state index contributed by atoms with van der Waals surface area (Å²) in [6, 6.07) is 0. The molecule has 0 amide bonds. The van der Waals surface area contributed by atoms with Crippen molar-refractivity contribution >= 4 is 5.78 Å². The summed E-state index contributed by atoms with van der Waals surface area (Å²) in [5.74, 6) is 1.14. The van der Waals surface area contributed by atoms with Crippen molar-refractivity contribution in [2.75, 3.05) is 0 Å². The van der Waals surface area contributed by atoms with Crippen molar-refractivity contribution < 1.29 is 4.79 Å². The molecule has 0 bridgehead atoms. The monoisotopic (exact) mass is 304 g/mol. The van der Waals surface area contributed by atoms with E-state index in [0.29, 0.717) is 18.3 Å². The quantitative estimate of drug-likeness (QED) is 0.491. The second kappa shape index (κ2) is 6.98. The summed E-state index contributed by atoms with van der Waals surface area (Å²) in [6.07, 6.45) is 21.5. The molecule has 0 radical (unpaired) electrons. The van der Waals surface area contributed by atoms with Crippen LogP contribution in [0.4, 0.5) is 0 Å². The van der Waals surface area contributed by atoms with Crippen molar-refractivity contribution in [3.63, 3.8) is 0 Å². The maximum Gasteiger partial charge on any atom is 0.129 e. The molecular formula is C22H24O. The molecule has 0 aromatic carbocycles. The number of hydrogen-bond acceptors (Lipinski definition) is 1. The number of ketones is 1. The first-order valence-corrected chi connectivity index (χ1v) is 8.56. The van der Waals surface area contributed by atoms with Gasteiger partial charge in [-0.25, -0.2) is 0 Å². The lowest BCUT2D eigenvalue weighted by Gasteiger charge is -2.33. The Labute approximate surface area is 139 Å². The van der Waals surface area contributed by atoms with Crippen LogP contribution in [0.1, 0.15) is 39.5 Å². The van der Waals surface area contributed by atoms with Gasteiger partial charge in [0.05, 0.1) is 0 Å². The van der Waals surface area contributed by atoms with Gasteiger partial charge < -0.3 is 4.79 Å². The second-order valence-electron chi connectivity index (χ2n) is 6.55. The van der Waals surface area contributed by atoms with Crippen LogP contribution >= 0.6 is 0 Å². The van der Waals surface area contributed by atoms with Crippen molar-refractivity contribution in [3.8, 4) is 0 Å². The van der Waals surface area contributed by atoms with Gasteiger partial charge in [-0.3, -0.25) is 0 Å². The van der Waals surface area contributed by atoms with E-state index in [-0.39, 0.29) is 5.78 Å². The van der Waals surface area contributed by atoms with Gasteiger partial charge in [-0.05, 0) is 50.3 Å². The van der Waals surface area contributed by atoms with E-state index >= 15 is 0 Å². The highest BCUT2D eigenvalue weighted by Crippen LogP contribution is 2.43. The number of carbonyl (C=O) groups excluding carboxylic acids is 1. The van der Waals surface area contributed by atoms with Gasteiger partial charge in [-0.15, -0.1) is 5.73 Å². The van der Waals surface area contributed by atoms with Crippen molar-refractivity contribution in [2.45, 2.75) is 39.5 Å². The van der Waals surface area contributed by atoms with Crippen molar-refractivity contribution in [2.24, 2.45) is 11.8 Å². The summed E-state index contributed by atoms with van der Waals surface area (Å²) in [4.78, 5) is 11.1. The molecule has 1 heteroatoms. The fourth-order valence-corrected chi connectivity index (χ4v) is 3.66. The number of hydrogen-bond donors (Lipinski definition) is 0. The molecular weight excluding hydrogens is 280 g/mol. The molecule has 0 aromatic rings. The fraction of sp³-hybridized carbons (Fsp3) is 0.364. The molecule has 2 unspecified atom stereocenters. The molecule has 3 rings (SSSR count). The predicted octanol–water partition coefficient (Wildman–Crippen LogP) is 5.40. The van der Waals surface area contributed by atoms with Crippen LogP contribution in [0, 0.1) is 11.8 Å². The third-order valence-corrected chi connectivity index (χ3v) is 4.77. The smallest absolute Gasteiger partial charge is 0.129 e. The van der Waals surface area contributed by atoms with Crippen LogP contribution in [0.2, 0.25) is 0 Å². The van der Waals surface area contributed by atoms with Gasteiger partial charge in [0, 0.05) is 23.8 Å². The first kappa shape index (κ1) is 15.8. The molecule has 0 N–H and O–H groups in total. The Hall–Kier alpha value is -2.11. The topological polar surface area (TPSA) is 17.1 Å². The van der Waals surface area contributed by atoms with Crippen molar-refractivity contribution in [1.82, 2.24) is 0 Å². The van der Waals surface area contributed by atoms with Crippen LogP contribution in [0.5, 0.6) is 0 Å². The summed E-state index contributed by atoms with van der Waals surface area (Å²) >= 11 is 0. The number of Topliss-reactive ketones (excluding diaryl/α,β-unsaturated/α-hetero) is 1. The van der Waals surface area contributed by atoms with E-state index in [2.05, 4.69) is 61.3 Å². The highest BCUT2D eigenvalue weighted by atomic mass is 16.1. The van der Waals surface area contributed by atoms with Crippen molar-refractivity contribution in [1.29, 1.82) is 0 Å². The standard InChI is InChI=1S/C22H24O/c1-3-6-18-9-5-10-19-12-13-20-15-17(8-4-7-16(2)23)11-14-21(20)22(18)19/h3,5-6,9-11,13,15,18,22H,4,7-8,12H2,1-2H3/b6-3-. The van der Waals surface area contributed by atoms with Crippen LogP contribution < -0.4 is 0 Å². The molecule has 0 aromatic heterocycles. The van der Waals surface area contributed by atoms with E-state index in [9.17, 15) is 4.79 Å². The van der Waals surface area contributed by atoms with Crippen LogP contribution in [0.3, 0.4) is 0 Å². The Morgan fingerprint density at radius 1 is 1.43 bits per heavy atom. The lowest BCUT2D eigenvalue weighted by Crippen LogP contribution is -2.22. The molecule has 0 aliphatic heterocycles. The Morgan fingerprint density at radius 3 is 3.09 bits per heavy atom. The summed E-state index contributed by atoms with van der Waals surface area (Å²) in [5.41, 5.74) is 9.00. The molecule has 2 atom stereocenters. The van der Waals surface area contributed by atoms with Gasteiger partial charge in [-0.1, -0.05) is 48.1 Å². The third-order valence-electron chi connectivity index (χ3n) is 4.77. The molecule has 0 fully saturated rings. The largest absolute Gasteiger partial charge is 0.300 e. The maximum atomic E-state index is 11.1. The van der Waals surface area contributed by atoms with E-state index in [1.807, 2.05) is 0 Å². The SMILES string of the molecule is C/C=C\C1C=CC=C2CC=C3C=C(CCCC(C)=O)C=C=C3C21. The highest BCUT2D eigenvalue weighted by Gasteiger charge is 2.31. The minimum absolute atomic E-state index is 0.275. The third kappa shape index (κ3) is 3.46. The summed E-state index contributed by atoms with van der Waals surface area (Å²) in [5, 5.41) is 0. The van der Waals surface area contributed by atoms with Crippen molar-refractivity contribution in [3.05, 3.63) is 76.6 Å². The summed E-state index contributed by atoms with van der Waals surface area (Å²) in [7, 11) is 0. The normalized spacial score (nSPS) is 25.3. The minimum Gasteiger partial charge on any atom is -0.300 e. The fourth-order valence-electron chi connectivity index (χ4n) is 3.66. The number of fused-ring (bicyclic) bond motifs is 3. The lowest BCUT2D eigenvalue weighted by atomic mass is 9.70. The summed E-state index contributed by atoms with van der Waals surface area (Å²) < 4.78 is 0. The Bertz CT molecular complexity index is 715. The van der Waals surface area contributed by atoms with E-state index in [1.165, 1.54) is 22.3 Å². The lowest BCUT2D eigenvalue weighted by molar-refractivity contribution is -0.117. The van der Waals surface area contributed by atoms with Crippen LogP contribution in [-0.4, -0.2) is 5.78 Å². The Kier molecular flexibility index (Phi) is 4.79. The molecule has 3 aliphatic carbocycles. The molecule has 3 aliphatic rings. The van der Waals surface area contributed by atoms with Gasteiger partial charge in [0.2, 0.25) is 0 Å². The molecule has 23 heavy (non-hydrogen) atoms. The van der Waals surface area contributed by atoms with E-state index in [0.717, 1.165) is 19.3 Å². The Morgan fingerprint density at radius 2 is 2.30 bits per heavy atom. The van der Waals surface area contributed by atoms with Crippen LogP contribution in [0.15, 0.2) is 76.6 Å². The second-order valence-corrected chi connectivity index (χ2v) is 6.55. The molecule has 0 heterocycles. The zero-order chi connectivity index (χ0) is 16.2. The number of allylic oxidation sites excluding steroid dienone is 11. The molecule has 118 valence electrons. The first-order valence-electron chi connectivity index (χ1n) is 8.56. The van der Waals surface area contributed by atoms with Gasteiger partial charge in [-0.2, -0.15) is 0 Å². The van der Waals surface area contributed by atoms with Gasteiger partial charge >= 0.3 is 0 Å². The minimum atomic E-state index is 0.275. The zero-order valence-electron chi connectivity index (χ0n) is 14.0. The molecule has 0 saturated heterocycles. The maximum absolute atomic E-state index is 11.1. The highest BCUT2D eigenvalue weighted by molar-refractivity contribution is 5.75. The van der Waals surface area contributed by atoms with Gasteiger partial charge in [0.15, 0.2) is 0 Å². The van der Waals surface area contributed by atoms with Gasteiger partial charge in [0.1, 0.15) is 5.78 Å². The summed E-state index contributed by atoms with van der Waals surface area (Å²) in [6.45, 7) is 3.75. The van der Waals surface area contributed by atoms with Gasteiger partial charge in [0.25, 0.3) is 0 Å². The van der Waals surface area contributed by atoms with E-state index in [1.54, 1.807) is 6.92 Å². The Balaban J connectivity index is 1.83. The first-order chi connectivity index (χ1) is 11.2. The average molecular weight is 304 g/mol. The van der Waals surface area contributed by atoms with E-state index in [4.69, 9.17) is 0 Å². The predicted molar refractivity (Wildman–Crippen MR) is 95.9 cm³/mol. The number of carbonyl (C=O) groups is 1. The number of rotatable bonds is 5. The molecule has 0 saturated carbocycles. The zero-order valence-corrected chi connectivity index (χ0v) is 14.0. The average Bonchev–Trinajstić information content (AvgIpc) is 2.54. The van der Waals surface area contributed by atoms with Crippen LogP contribution in [-0.2, 0) is 4.79 Å². The molecule has 0 spiro atoms.